The van der Waals surface area contributed by atoms with Crippen molar-refractivity contribution in [3.05, 3.63) is 29.8 Å². The van der Waals surface area contributed by atoms with E-state index in [1.165, 1.54) is 0 Å². The molecule has 1 saturated heterocycles. The lowest BCUT2D eigenvalue weighted by Crippen LogP contribution is -2.41. The van der Waals surface area contributed by atoms with Crippen LogP contribution in [0.2, 0.25) is 0 Å². The van der Waals surface area contributed by atoms with Gasteiger partial charge in [-0.2, -0.15) is 0 Å². The summed E-state index contributed by atoms with van der Waals surface area (Å²) in [5.74, 6) is 0.808. The summed E-state index contributed by atoms with van der Waals surface area (Å²) >= 11 is 0. The van der Waals surface area contributed by atoms with Crippen molar-refractivity contribution in [1.29, 1.82) is 0 Å². The molecular formula is C13H18N2O3. The number of amides is 2. The van der Waals surface area contributed by atoms with Gasteiger partial charge in [-0.3, -0.25) is 0 Å². The molecule has 2 amide bonds. The van der Waals surface area contributed by atoms with Gasteiger partial charge in [-0.15, -0.1) is 0 Å². The zero-order valence-electron chi connectivity index (χ0n) is 10.4. The molecule has 0 aliphatic carbocycles. The molecule has 1 fully saturated rings. The number of carbonyl (C=O) groups is 1. The van der Waals surface area contributed by atoms with Gasteiger partial charge in [0, 0.05) is 13.2 Å². The molecule has 2 rings (SSSR count). The predicted octanol–water partition coefficient (Wildman–Crippen LogP) is 1.63. The van der Waals surface area contributed by atoms with Crippen LogP contribution in [0, 0.1) is 0 Å². The Morgan fingerprint density at radius 2 is 2.22 bits per heavy atom. The van der Waals surface area contributed by atoms with E-state index in [0.717, 1.165) is 30.8 Å². The van der Waals surface area contributed by atoms with E-state index < -0.39 is 0 Å². The molecule has 1 atom stereocenters. The third-order valence-electron chi connectivity index (χ3n) is 2.83. The van der Waals surface area contributed by atoms with Gasteiger partial charge in [0.15, 0.2) is 0 Å². The lowest BCUT2D eigenvalue weighted by Gasteiger charge is -2.12. The van der Waals surface area contributed by atoms with Crippen molar-refractivity contribution in [2.45, 2.75) is 25.6 Å². The van der Waals surface area contributed by atoms with Crippen molar-refractivity contribution in [3.8, 4) is 5.75 Å². The minimum atomic E-state index is -0.197. The first-order chi connectivity index (χ1) is 8.78. The van der Waals surface area contributed by atoms with Gasteiger partial charge in [0.05, 0.1) is 7.11 Å². The van der Waals surface area contributed by atoms with Crippen LogP contribution in [0.25, 0.3) is 0 Å². The van der Waals surface area contributed by atoms with E-state index in [-0.39, 0.29) is 12.3 Å². The molecule has 0 radical (unpaired) electrons. The number of hydrogen-bond donors (Lipinski definition) is 2. The molecule has 2 N–H and O–H groups in total. The topological polar surface area (TPSA) is 59.6 Å². The van der Waals surface area contributed by atoms with Crippen LogP contribution in [0.4, 0.5) is 4.79 Å². The summed E-state index contributed by atoms with van der Waals surface area (Å²) in [7, 11) is 1.63. The van der Waals surface area contributed by atoms with Gasteiger partial charge in [0.25, 0.3) is 0 Å². The Morgan fingerprint density at radius 1 is 1.44 bits per heavy atom. The van der Waals surface area contributed by atoms with Gasteiger partial charge in [-0.25, -0.2) is 4.79 Å². The summed E-state index contributed by atoms with van der Waals surface area (Å²) in [6.07, 6.45) is 1.75. The molecule has 1 aliphatic rings. The zero-order chi connectivity index (χ0) is 12.8. The quantitative estimate of drug-likeness (QED) is 0.854. The van der Waals surface area contributed by atoms with Crippen LogP contribution in [-0.2, 0) is 11.3 Å². The van der Waals surface area contributed by atoms with Crippen LogP contribution in [0.15, 0.2) is 24.3 Å². The van der Waals surface area contributed by atoms with Crippen molar-refractivity contribution in [2.75, 3.05) is 13.7 Å². The van der Waals surface area contributed by atoms with Gasteiger partial charge >= 0.3 is 6.03 Å². The first-order valence-electron chi connectivity index (χ1n) is 6.07. The molecule has 5 nitrogen and oxygen atoms in total. The molecule has 1 aromatic carbocycles. The van der Waals surface area contributed by atoms with E-state index >= 15 is 0 Å². The normalized spacial score (nSPS) is 18.4. The monoisotopic (exact) mass is 250 g/mol. The summed E-state index contributed by atoms with van der Waals surface area (Å²) in [4.78, 5) is 11.6. The van der Waals surface area contributed by atoms with E-state index in [1.807, 2.05) is 24.3 Å². The minimum Gasteiger partial charge on any atom is -0.497 e. The molecular weight excluding hydrogens is 232 g/mol. The maximum atomic E-state index is 11.6. The smallest absolute Gasteiger partial charge is 0.317 e. The number of hydrogen-bond acceptors (Lipinski definition) is 3. The highest BCUT2D eigenvalue weighted by Gasteiger charge is 2.16. The van der Waals surface area contributed by atoms with Gasteiger partial charge in [0.1, 0.15) is 12.0 Å². The Morgan fingerprint density at radius 3 is 2.83 bits per heavy atom. The van der Waals surface area contributed by atoms with Crippen molar-refractivity contribution >= 4 is 6.03 Å². The number of methoxy groups -OCH3 is 1. The van der Waals surface area contributed by atoms with Crippen LogP contribution in [0.1, 0.15) is 18.4 Å². The van der Waals surface area contributed by atoms with E-state index in [0.29, 0.717) is 6.54 Å². The average molecular weight is 250 g/mol. The van der Waals surface area contributed by atoms with Crippen LogP contribution in [0.3, 0.4) is 0 Å². The number of ether oxygens (including phenoxy) is 2. The van der Waals surface area contributed by atoms with Gasteiger partial charge in [-0.1, -0.05) is 12.1 Å². The number of urea groups is 1. The first-order valence-corrected chi connectivity index (χ1v) is 6.07. The van der Waals surface area contributed by atoms with Gasteiger partial charge in [-0.05, 0) is 30.5 Å². The van der Waals surface area contributed by atoms with Crippen molar-refractivity contribution in [2.24, 2.45) is 0 Å². The molecule has 5 heteroatoms. The summed E-state index contributed by atoms with van der Waals surface area (Å²) in [5, 5.41) is 5.57. The van der Waals surface area contributed by atoms with E-state index in [4.69, 9.17) is 9.47 Å². The fourth-order valence-corrected chi connectivity index (χ4v) is 1.81. The Bertz CT molecular complexity index is 386. The van der Waals surface area contributed by atoms with E-state index in [9.17, 15) is 4.79 Å². The average Bonchev–Trinajstić information content (AvgIpc) is 2.90. The highest BCUT2D eigenvalue weighted by Crippen LogP contribution is 2.11. The van der Waals surface area contributed by atoms with Crippen LogP contribution in [0.5, 0.6) is 5.75 Å². The summed E-state index contributed by atoms with van der Waals surface area (Å²) in [6.45, 7) is 1.21. The summed E-state index contributed by atoms with van der Waals surface area (Å²) in [6, 6.07) is 7.39. The lowest BCUT2D eigenvalue weighted by atomic mass is 10.2. The zero-order valence-corrected chi connectivity index (χ0v) is 10.4. The fraction of sp³-hybridized carbons (Fsp3) is 0.462. The molecule has 1 heterocycles. The van der Waals surface area contributed by atoms with Crippen molar-refractivity contribution < 1.29 is 14.3 Å². The second-order valence-corrected chi connectivity index (χ2v) is 4.18. The minimum absolute atomic E-state index is 0.138. The number of nitrogens with one attached hydrogen (secondary N) is 2. The molecule has 0 saturated carbocycles. The van der Waals surface area contributed by atoms with Crippen LogP contribution >= 0.6 is 0 Å². The third-order valence-corrected chi connectivity index (χ3v) is 2.83. The summed E-state index contributed by atoms with van der Waals surface area (Å²) in [5.41, 5.74) is 1.03. The number of carbonyl (C=O) groups excluding carboxylic acids is 1. The molecule has 0 spiro atoms. The molecule has 98 valence electrons. The number of benzene rings is 1. The molecule has 1 aromatic rings. The highest BCUT2D eigenvalue weighted by atomic mass is 16.5. The molecule has 0 aromatic heterocycles. The van der Waals surface area contributed by atoms with E-state index in [2.05, 4.69) is 10.6 Å². The van der Waals surface area contributed by atoms with Gasteiger partial charge < -0.3 is 20.1 Å². The fourth-order valence-electron chi connectivity index (χ4n) is 1.81. The van der Waals surface area contributed by atoms with Crippen LogP contribution < -0.4 is 15.4 Å². The molecule has 1 unspecified atom stereocenters. The lowest BCUT2D eigenvalue weighted by molar-refractivity contribution is 0.0907. The van der Waals surface area contributed by atoms with Crippen LogP contribution in [-0.4, -0.2) is 26.0 Å². The van der Waals surface area contributed by atoms with Crippen molar-refractivity contribution in [1.82, 2.24) is 10.6 Å². The van der Waals surface area contributed by atoms with Gasteiger partial charge in [0.2, 0.25) is 0 Å². The number of rotatable bonds is 4. The highest BCUT2D eigenvalue weighted by molar-refractivity contribution is 5.74. The SMILES string of the molecule is COc1ccc(CNC(=O)NC2CCCO2)cc1. The van der Waals surface area contributed by atoms with E-state index in [1.54, 1.807) is 7.11 Å². The first kappa shape index (κ1) is 12.7. The summed E-state index contributed by atoms with van der Waals surface area (Å²) < 4.78 is 10.4. The Hall–Kier alpha value is -1.75. The predicted molar refractivity (Wildman–Crippen MR) is 67.3 cm³/mol. The molecule has 18 heavy (non-hydrogen) atoms. The Kier molecular flexibility index (Phi) is 4.41. The second kappa shape index (κ2) is 6.26. The third kappa shape index (κ3) is 3.63. The largest absolute Gasteiger partial charge is 0.497 e. The Balaban J connectivity index is 1.74. The van der Waals surface area contributed by atoms with Crippen molar-refractivity contribution in [3.63, 3.8) is 0 Å². The Labute approximate surface area is 106 Å². The molecule has 0 bridgehead atoms. The maximum absolute atomic E-state index is 11.6. The molecule has 1 aliphatic heterocycles. The standard InChI is InChI=1S/C13H18N2O3/c1-17-11-6-4-10(5-7-11)9-14-13(16)15-12-3-2-8-18-12/h4-7,12H,2-3,8-9H2,1H3,(H2,14,15,16). The maximum Gasteiger partial charge on any atom is 0.317 e. The second-order valence-electron chi connectivity index (χ2n) is 4.18.